The van der Waals surface area contributed by atoms with Crippen molar-refractivity contribution in [2.75, 3.05) is 5.32 Å². The van der Waals surface area contributed by atoms with Gasteiger partial charge in [0.1, 0.15) is 16.2 Å². The van der Waals surface area contributed by atoms with E-state index in [1.54, 1.807) is 0 Å². The Labute approximate surface area is 112 Å². The van der Waals surface area contributed by atoms with Crippen LogP contribution in [0.1, 0.15) is 45.4 Å². The van der Waals surface area contributed by atoms with E-state index in [9.17, 15) is 0 Å². The molecule has 94 valence electrons. The molecule has 1 atom stereocenters. The third-order valence-electron chi connectivity index (χ3n) is 3.45. The Hall–Kier alpha value is -0.640. The number of aryl methyl sites for hydroxylation is 1. The topological polar surface area (TPSA) is 37.8 Å². The Morgan fingerprint density at radius 3 is 2.82 bits per heavy atom. The maximum Gasteiger partial charge on any atom is 0.132 e. The fraction of sp³-hybridized carbons (Fsp3) is 0.692. The van der Waals surface area contributed by atoms with Gasteiger partial charge in [0.2, 0.25) is 0 Å². The molecule has 0 aromatic carbocycles. The molecule has 0 amide bonds. The van der Waals surface area contributed by atoms with Gasteiger partial charge in [-0.1, -0.05) is 13.3 Å². The zero-order valence-corrected chi connectivity index (χ0v) is 12.1. The van der Waals surface area contributed by atoms with Gasteiger partial charge in [-0.05, 0) is 48.0 Å². The fourth-order valence-electron chi connectivity index (χ4n) is 2.16. The zero-order chi connectivity index (χ0) is 12.3. The van der Waals surface area contributed by atoms with Crippen molar-refractivity contribution in [2.24, 2.45) is 5.92 Å². The summed E-state index contributed by atoms with van der Waals surface area (Å²) >= 11 is 3.45. The monoisotopic (exact) mass is 297 g/mol. The highest BCUT2D eigenvalue weighted by atomic mass is 79.9. The van der Waals surface area contributed by atoms with E-state index in [1.807, 2.05) is 6.07 Å². The molecule has 1 heterocycles. The quantitative estimate of drug-likeness (QED) is 0.840. The summed E-state index contributed by atoms with van der Waals surface area (Å²) in [4.78, 5) is 8.93. The van der Waals surface area contributed by atoms with Crippen LogP contribution in [0.2, 0.25) is 0 Å². The summed E-state index contributed by atoms with van der Waals surface area (Å²) in [6.07, 6.45) is 6.09. The standard InChI is InChI=1S/C13H20BrN3/c1-3-5-12-16-11(14)8-13(17-12)15-9(2)10-6-4-7-10/h8-10H,3-7H2,1-2H3,(H,15,16,17). The van der Waals surface area contributed by atoms with E-state index in [-0.39, 0.29) is 0 Å². The molecule has 1 aliphatic carbocycles. The SMILES string of the molecule is CCCc1nc(Br)cc(NC(C)C2CCC2)n1. The summed E-state index contributed by atoms with van der Waals surface area (Å²) in [6.45, 7) is 4.40. The van der Waals surface area contributed by atoms with Gasteiger partial charge in [0.15, 0.2) is 0 Å². The number of hydrogen-bond acceptors (Lipinski definition) is 3. The van der Waals surface area contributed by atoms with Crippen LogP contribution in [0.25, 0.3) is 0 Å². The summed E-state index contributed by atoms with van der Waals surface area (Å²) in [7, 11) is 0. The minimum absolute atomic E-state index is 0.514. The number of aromatic nitrogens is 2. The first-order valence-corrected chi connectivity index (χ1v) is 7.28. The second-order valence-electron chi connectivity index (χ2n) is 4.87. The average molecular weight is 298 g/mol. The molecular formula is C13H20BrN3. The predicted molar refractivity (Wildman–Crippen MR) is 74.2 cm³/mol. The number of hydrogen-bond donors (Lipinski definition) is 1. The van der Waals surface area contributed by atoms with E-state index in [0.717, 1.165) is 35.0 Å². The van der Waals surface area contributed by atoms with Crippen molar-refractivity contribution in [1.29, 1.82) is 0 Å². The lowest BCUT2D eigenvalue weighted by atomic mass is 9.80. The Balaban J connectivity index is 2.03. The van der Waals surface area contributed by atoms with Crippen molar-refractivity contribution in [1.82, 2.24) is 9.97 Å². The fourth-order valence-corrected chi connectivity index (χ4v) is 2.59. The molecule has 1 fully saturated rings. The number of halogens is 1. The summed E-state index contributed by atoms with van der Waals surface area (Å²) in [6, 6.07) is 2.48. The number of rotatable bonds is 5. The molecule has 1 aliphatic rings. The van der Waals surface area contributed by atoms with Crippen LogP contribution >= 0.6 is 15.9 Å². The van der Waals surface area contributed by atoms with Crippen molar-refractivity contribution in [3.63, 3.8) is 0 Å². The molecule has 4 heteroatoms. The molecule has 1 aromatic heterocycles. The first kappa shape index (κ1) is 12.8. The Bertz CT molecular complexity index is 377. The van der Waals surface area contributed by atoms with Gasteiger partial charge in [-0.2, -0.15) is 0 Å². The van der Waals surface area contributed by atoms with Crippen LogP contribution in [0.3, 0.4) is 0 Å². The summed E-state index contributed by atoms with van der Waals surface area (Å²) in [5.74, 6) is 2.69. The Morgan fingerprint density at radius 1 is 1.47 bits per heavy atom. The predicted octanol–water partition coefficient (Wildman–Crippen LogP) is 3.79. The smallest absolute Gasteiger partial charge is 0.132 e. The number of nitrogens with one attached hydrogen (secondary N) is 1. The zero-order valence-electron chi connectivity index (χ0n) is 10.5. The van der Waals surface area contributed by atoms with Gasteiger partial charge in [-0.25, -0.2) is 9.97 Å². The molecule has 1 N–H and O–H groups in total. The van der Waals surface area contributed by atoms with Gasteiger partial charge < -0.3 is 5.32 Å². The lowest BCUT2D eigenvalue weighted by Gasteiger charge is -2.32. The molecule has 1 aromatic rings. The molecule has 0 saturated heterocycles. The highest BCUT2D eigenvalue weighted by molar-refractivity contribution is 9.10. The van der Waals surface area contributed by atoms with Crippen LogP contribution in [-0.2, 0) is 6.42 Å². The Morgan fingerprint density at radius 2 is 2.24 bits per heavy atom. The van der Waals surface area contributed by atoms with Crippen molar-refractivity contribution in [3.8, 4) is 0 Å². The van der Waals surface area contributed by atoms with Gasteiger partial charge in [0, 0.05) is 18.5 Å². The molecule has 17 heavy (non-hydrogen) atoms. The molecule has 0 radical (unpaired) electrons. The molecule has 0 aliphatic heterocycles. The second-order valence-corrected chi connectivity index (χ2v) is 5.68. The van der Waals surface area contributed by atoms with Crippen LogP contribution < -0.4 is 5.32 Å². The first-order valence-electron chi connectivity index (χ1n) is 6.49. The van der Waals surface area contributed by atoms with E-state index in [4.69, 9.17) is 0 Å². The van der Waals surface area contributed by atoms with E-state index in [2.05, 4.69) is 45.1 Å². The lowest BCUT2D eigenvalue weighted by molar-refractivity contribution is 0.285. The van der Waals surface area contributed by atoms with E-state index in [1.165, 1.54) is 19.3 Å². The lowest BCUT2D eigenvalue weighted by Crippen LogP contribution is -2.31. The normalized spacial score (nSPS) is 17.6. The highest BCUT2D eigenvalue weighted by Crippen LogP contribution is 2.30. The third kappa shape index (κ3) is 3.41. The molecule has 2 rings (SSSR count). The minimum atomic E-state index is 0.514. The molecular weight excluding hydrogens is 278 g/mol. The van der Waals surface area contributed by atoms with Crippen LogP contribution in [0.5, 0.6) is 0 Å². The molecule has 1 unspecified atom stereocenters. The van der Waals surface area contributed by atoms with Crippen molar-refractivity contribution < 1.29 is 0 Å². The maximum absolute atomic E-state index is 4.55. The van der Waals surface area contributed by atoms with Crippen molar-refractivity contribution in [3.05, 3.63) is 16.5 Å². The van der Waals surface area contributed by atoms with Crippen molar-refractivity contribution >= 4 is 21.7 Å². The molecule has 3 nitrogen and oxygen atoms in total. The van der Waals surface area contributed by atoms with Gasteiger partial charge >= 0.3 is 0 Å². The van der Waals surface area contributed by atoms with Gasteiger partial charge in [-0.3, -0.25) is 0 Å². The van der Waals surface area contributed by atoms with Crippen LogP contribution in [-0.4, -0.2) is 16.0 Å². The highest BCUT2D eigenvalue weighted by Gasteiger charge is 2.24. The summed E-state index contributed by atoms with van der Waals surface area (Å²) in [5, 5.41) is 3.50. The van der Waals surface area contributed by atoms with Gasteiger partial charge in [-0.15, -0.1) is 0 Å². The largest absolute Gasteiger partial charge is 0.367 e. The van der Waals surface area contributed by atoms with E-state index < -0.39 is 0 Å². The Kier molecular flexibility index (Phi) is 4.37. The number of nitrogens with zero attached hydrogens (tertiary/aromatic N) is 2. The van der Waals surface area contributed by atoms with E-state index in [0.29, 0.717) is 6.04 Å². The maximum atomic E-state index is 4.55. The molecule has 0 bridgehead atoms. The van der Waals surface area contributed by atoms with Gasteiger partial charge in [0.25, 0.3) is 0 Å². The minimum Gasteiger partial charge on any atom is -0.367 e. The number of anilines is 1. The molecule has 0 spiro atoms. The van der Waals surface area contributed by atoms with Crippen LogP contribution in [0, 0.1) is 5.92 Å². The molecule has 1 saturated carbocycles. The second kappa shape index (κ2) is 5.80. The average Bonchev–Trinajstić information content (AvgIpc) is 2.13. The van der Waals surface area contributed by atoms with Crippen LogP contribution in [0.15, 0.2) is 10.7 Å². The summed E-state index contributed by atoms with van der Waals surface area (Å²) in [5.41, 5.74) is 0. The van der Waals surface area contributed by atoms with E-state index >= 15 is 0 Å². The van der Waals surface area contributed by atoms with Crippen LogP contribution in [0.4, 0.5) is 5.82 Å². The third-order valence-corrected chi connectivity index (χ3v) is 3.85. The van der Waals surface area contributed by atoms with Gasteiger partial charge in [0.05, 0.1) is 0 Å². The first-order chi connectivity index (χ1) is 8.19. The van der Waals surface area contributed by atoms with Crippen molar-refractivity contribution in [2.45, 2.75) is 52.0 Å². The summed E-state index contributed by atoms with van der Waals surface area (Å²) < 4.78 is 0.874.